The smallest absolute Gasteiger partial charge is 0.264 e. The van der Waals surface area contributed by atoms with Gasteiger partial charge in [0.1, 0.15) is 24.2 Å². The van der Waals surface area contributed by atoms with Gasteiger partial charge in [0.2, 0.25) is 11.8 Å². The molecule has 0 heterocycles. The van der Waals surface area contributed by atoms with E-state index in [9.17, 15) is 22.4 Å². The normalized spacial score (nSPS) is 12.1. The number of rotatable bonds is 12. The minimum Gasteiger partial charge on any atom is -0.492 e. The van der Waals surface area contributed by atoms with Gasteiger partial charge >= 0.3 is 0 Å². The van der Waals surface area contributed by atoms with Gasteiger partial charge in [0.05, 0.1) is 17.2 Å². The predicted octanol–water partition coefficient (Wildman–Crippen LogP) is 4.36. The van der Waals surface area contributed by atoms with Crippen molar-refractivity contribution in [2.45, 2.75) is 51.2 Å². The van der Waals surface area contributed by atoms with E-state index in [1.54, 1.807) is 70.2 Å². The van der Waals surface area contributed by atoms with Crippen molar-refractivity contribution in [3.05, 3.63) is 90.2 Å². The van der Waals surface area contributed by atoms with Crippen LogP contribution in [-0.4, -0.2) is 50.4 Å². The van der Waals surface area contributed by atoms with E-state index in [0.717, 1.165) is 4.31 Å². The highest BCUT2D eigenvalue weighted by molar-refractivity contribution is 7.92. The maximum Gasteiger partial charge on any atom is 0.264 e. The fourth-order valence-electron chi connectivity index (χ4n) is 3.95. The van der Waals surface area contributed by atoms with Crippen molar-refractivity contribution < 1.29 is 27.1 Å². The molecule has 0 bridgehead atoms. The zero-order valence-corrected chi connectivity index (χ0v) is 23.3. The van der Waals surface area contributed by atoms with Crippen molar-refractivity contribution >= 4 is 27.5 Å². The Morgan fingerprint density at radius 3 is 2.15 bits per heavy atom. The molecule has 10 heteroatoms. The van der Waals surface area contributed by atoms with Gasteiger partial charge in [-0.3, -0.25) is 13.9 Å². The molecule has 8 nitrogen and oxygen atoms in total. The Balaban J connectivity index is 2.06. The largest absolute Gasteiger partial charge is 0.492 e. The molecule has 0 fully saturated rings. The van der Waals surface area contributed by atoms with Gasteiger partial charge in [-0.15, -0.1) is 0 Å². The molecular formula is C29H34FN3O5S. The zero-order chi connectivity index (χ0) is 28.6. The fraction of sp³-hybridized carbons (Fsp3) is 0.310. The minimum absolute atomic E-state index is 0.000199. The van der Waals surface area contributed by atoms with Gasteiger partial charge in [-0.05, 0) is 69.7 Å². The van der Waals surface area contributed by atoms with Gasteiger partial charge in [-0.2, -0.15) is 0 Å². The molecule has 0 aliphatic carbocycles. The number of para-hydroxylation sites is 2. The van der Waals surface area contributed by atoms with Gasteiger partial charge in [0.15, 0.2) is 0 Å². The van der Waals surface area contributed by atoms with Crippen LogP contribution in [0.2, 0.25) is 0 Å². The van der Waals surface area contributed by atoms with Crippen molar-refractivity contribution in [3.8, 4) is 5.75 Å². The van der Waals surface area contributed by atoms with E-state index < -0.39 is 40.2 Å². The summed E-state index contributed by atoms with van der Waals surface area (Å²) in [5.41, 5.74) is 0.777. The summed E-state index contributed by atoms with van der Waals surface area (Å²) in [5.74, 6) is -1.15. The van der Waals surface area contributed by atoms with Crippen LogP contribution in [0.3, 0.4) is 0 Å². The highest BCUT2D eigenvalue weighted by Gasteiger charge is 2.33. The number of hydrogen-bond donors (Lipinski definition) is 1. The molecule has 0 unspecified atom stereocenters. The minimum atomic E-state index is -4.21. The molecule has 1 atom stereocenters. The third kappa shape index (κ3) is 7.57. The molecule has 3 aromatic rings. The number of nitrogens with one attached hydrogen (secondary N) is 1. The van der Waals surface area contributed by atoms with Crippen molar-refractivity contribution in [2.75, 3.05) is 17.5 Å². The molecule has 0 saturated heterocycles. The average molecular weight is 556 g/mol. The number of carbonyl (C=O) groups excluding carboxylic acids is 2. The third-order valence-electron chi connectivity index (χ3n) is 5.91. The van der Waals surface area contributed by atoms with Crippen LogP contribution in [0, 0.1) is 5.82 Å². The Hall–Kier alpha value is -3.92. The van der Waals surface area contributed by atoms with Crippen LogP contribution < -0.4 is 14.4 Å². The van der Waals surface area contributed by atoms with E-state index in [-0.39, 0.29) is 29.8 Å². The summed E-state index contributed by atoms with van der Waals surface area (Å²) in [5, 5.41) is 2.80. The van der Waals surface area contributed by atoms with E-state index in [1.807, 2.05) is 0 Å². The van der Waals surface area contributed by atoms with E-state index in [2.05, 4.69) is 5.32 Å². The van der Waals surface area contributed by atoms with Crippen molar-refractivity contribution in [1.29, 1.82) is 0 Å². The Labute approximate surface area is 229 Å². The molecular weight excluding hydrogens is 521 g/mol. The molecule has 208 valence electrons. The lowest BCUT2D eigenvalue weighted by molar-refractivity contribution is -0.139. The second-order valence-electron chi connectivity index (χ2n) is 9.21. The van der Waals surface area contributed by atoms with E-state index >= 15 is 0 Å². The highest BCUT2D eigenvalue weighted by atomic mass is 32.2. The summed E-state index contributed by atoms with van der Waals surface area (Å²) >= 11 is 0. The fourth-order valence-corrected chi connectivity index (χ4v) is 5.39. The maximum atomic E-state index is 13.9. The summed E-state index contributed by atoms with van der Waals surface area (Å²) in [6.07, 6.45) is 0. The number of sulfonamides is 1. The monoisotopic (exact) mass is 555 g/mol. The Kier molecular flexibility index (Phi) is 10.1. The molecule has 3 aromatic carbocycles. The molecule has 0 aromatic heterocycles. The van der Waals surface area contributed by atoms with Gasteiger partial charge < -0.3 is 15.0 Å². The first-order valence-electron chi connectivity index (χ1n) is 12.7. The summed E-state index contributed by atoms with van der Waals surface area (Å²) in [6, 6.07) is 18.8. The standard InChI is InChI=1S/C29H34FN3O5S/c1-5-38-27-14-10-9-13-26(27)33(39(36,37)25-11-7-6-8-12-25)20-28(34)32(22(4)29(35)31-21(2)3)19-23-15-17-24(30)18-16-23/h6-18,21-22H,5,19-20H2,1-4H3,(H,31,35)/t22-/m0/s1. The van der Waals surface area contributed by atoms with Gasteiger partial charge in [0, 0.05) is 12.6 Å². The number of ether oxygens (including phenoxy) is 1. The predicted molar refractivity (Wildman–Crippen MR) is 148 cm³/mol. The molecule has 0 spiro atoms. The van der Waals surface area contributed by atoms with Gasteiger partial charge in [-0.1, -0.05) is 42.5 Å². The number of carbonyl (C=O) groups is 2. The first-order chi connectivity index (χ1) is 18.5. The van der Waals surface area contributed by atoms with E-state index in [4.69, 9.17) is 4.74 Å². The van der Waals surface area contributed by atoms with E-state index in [0.29, 0.717) is 11.3 Å². The number of halogens is 1. The van der Waals surface area contributed by atoms with Crippen LogP contribution in [0.15, 0.2) is 83.8 Å². The van der Waals surface area contributed by atoms with Crippen molar-refractivity contribution in [1.82, 2.24) is 10.2 Å². The number of anilines is 1. The highest BCUT2D eigenvalue weighted by Crippen LogP contribution is 2.32. The van der Waals surface area contributed by atoms with Crippen molar-refractivity contribution in [2.24, 2.45) is 0 Å². The summed E-state index contributed by atoms with van der Waals surface area (Å²) in [6.45, 7) is 6.61. The Morgan fingerprint density at radius 2 is 1.54 bits per heavy atom. The number of nitrogens with zero attached hydrogens (tertiary/aromatic N) is 2. The zero-order valence-electron chi connectivity index (χ0n) is 22.5. The lowest BCUT2D eigenvalue weighted by atomic mass is 10.1. The molecule has 39 heavy (non-hydrogen) atoms. The second kappa shape index (κ2) is 13.2. The number of hydrogen-bond acceptors (Lipinski definition) is 5. The summed E-state index contributed by atoms with van der Waals surface area (Å²) in [4.78, 5) is 28.1. The molecule has 2 amide bonds. The lowest BCUT2D eigenvalue weighted by Crippen LogP contribution is -2.52. The molecule has 0 aliphatic rings. The number of amides is 2. The first kappa shape index (κ1) is 29.6. The third-order valence-corrected chi connectivity index (χ3v) is 7.68. The van der Waals surface area contributed by atoms with Crippen LogP contribution in [0.1, 0.15) is 33.3 Å². The van der Waals surface area contributed by atoms with E-state index in [1.165, 1.54) is 41.3 Å². The van der Waals surface area contributed by atoms with Crippen LogP contribution in [0.4, 0.5) is 10.1 Å². The summed E-state index contributed by atoms with van der Waals surface area (Å²) in [7, 11) is -4.21. The van der Waals surface area contributed by atoms with Crippen LogP contribution in [-0.2, 0) is 26.2 Å². The van der Waals surface area contributed by atoms with Crippen LogP contribution in [0.5, 0.6) is 5.75 Å². The topological polar surface area (TPSA) is 96.0 Å². The Bertz CT molecular complexity index is 1370. The molecule has 0 radical (unpaired) electrons. The van der Waals surface area contributed by atoms with Gasteiger partial charge in [0.25, 0.3) is 10.0 Å². The molecule has 1 N–H and O–H groups in total. The van der Waals surface area contributed by atoms with Crippen LogP contribution >= 0.6 is 0 Å². The second-order valence-corrected chi connectivity index (χ2v) is 11.1. The number of benzene rings is 3. The lowest BCUT2D eigenvalue weighted by Gasteiger charge is -2.32. The summed E-state index contributed by atoms with van der Waals surface area (Å²) < 4.78 is 48.0. The quantitative estimate of drug-likeness (QED) is 0.358. The average Bonchev–Trinajstić information content (AvgIpc) is 2.91. The Morgan fingerprint density at radius 1 is 0.923 bits per heavy atom. The van der Waals surface area contributed by atoms with Gasteiger partial charge in [-0.25, -0.2) is 12.8 Å². The molecule has 0 saturated carbocycles. The first-order valence-corrected chi connectivity index (χ1v) is 14.1. The van der Waals surface area contributed by atoms with Crippen LogP contribution in [0.25, 0.3) is 0 Å². The maximum absolute atomic E-state index is 13.9. The SMILES string of the molecule is CCOc1ccccc1N(CC(=O)N(Cc1ccc(F)cc1)[C@@H](C)C(=O)NC(C)C)S(=O)(=O)c1ccccc1. The molecule has 3 rings (SSSR count). The van der Waals surface area contributed by atoms with Crippen molar-refractivity contribution in [3.63, 3.8) is 0 Å². The molecule has 0 aliphatic heterocycles.